The lowest BCUT2D eigenvalue weighted by Gasteiger charge is -2.37. The molecule has 0 radical (unpaired) electrons. The molecule has 1 fully saturated rings. The molecular formula is C23H29NO2. The third-order valence-electron chi connectivity index (χ3n) is 5.53. The summed E-state index contributed by atoms with van der Waals surface area (Å²) in [7, 11) is 0. The van der Waals surface area contributed by atoms with Crippen molar-refractivity contribution in [3.05, 3.63) is 71.8 Å². The first-order valence-electron chi connectivity index (χ1n) is 9.83. The number of hydrogen-bond acceptors (Lipinski definition) is 2. The second kappa shape index (κ2) is 9.54. The standard InChI is InChI=1S/C23H29NO2/c25-23-18-17-21(15-7-13-19-9-3-1-4-10-19)22(24(23)26)16-8-14-20-11-5-2-6-12-20/h1-6,9-12,21-22,26H,7-8,13-18H2. The van der Waals surface area contributed by atoms with Crippen LogP contribution in [0.1, 0.15) is 49.7 Å². The van der Waals surface area contributed by atoms with Crippen molar-refractivity contribution in [2.45, 2.75) is 57.4 Å². The van der Waals surface area contributed by atoms with Gasteiger partial charge in [-0.15, -0.1) is 0 Å². The smallest absolute Gasteiger partial charge is 0.246 e. The van der Waals surface area contributed by atoms with Gasteiger partial charge in [-0.05, 0) is 62.0 Å². The Morgan fingerprint density at radius 3 is 1.96 bits per heavy atom. The van der Waals surface area contributed by atoms with Gasteiger partial charge < -0.3 is 0 Å². The van der Waals surface area contributed by atoms with Crippen molar-refractivity contribution in [2.75, 3.05) is 0 Å². The van der Waals surface area contributed by atoms with Gasteiger partial charge in [0.05, 0.1) is 6.04 Å². The Bertz CT molecular complexity index is 671. The molecule has 3 nitrogen and oxygen atoms in total. The van der Waals surface area contributed by atoms with Crippen molar-refractivity contribution >= 4 is 5.91 Å². The molecule has 0 spiro atoms. The highest BCUT2D eigenvalue weighted by molar-refractivity contribution is 5.76. The molecule has 0 bridgehead atoms. The zero-order valence-corrected chi connectivity index (χ0v) is 15.4. The quantitative estimate of drug-likeness (QED) is 0.678. The van der Waals surface area contributed by atoms with Gasteiger partial charge in [-0.25, -0.2) is 5.06 Å². The number of rotatable bonds is 8. The second-order valence-corrected chi connectivity index (χ2v) is 7.36. The highest BCUT2D eigenvalue weighted by Crippen LogP contribution is 2.31. The van der Waals surface area contributed by atoms with Gasteiger partial charge in [-0.2, -0.15) is 0 Å². The van der Waals surface area contributed by atoms with Crippen molar-refractivity contribution in [3.63, 3.8) is 0 Å². The van der Waals surface area contributed by atoms with E-state index in [0.717, 1.165) is 50.0 Å². The maximum Gasteiger partial charge on any atom is 0.246 e. The summed E-state index contributed by atoms with van der Waals surface area (Å²) in [4.78, 5) is 12.0. The average molecular weight is 351 g/mol. The number of nitrogens with zero attached hydrogens (tertiary/aromatic N) is 1. The first-order chi connectivity index (χ1) is 12.7. The van der Waals surface area contributed by atoms with Crippen molar-refractivity contribution in [3.8, 4) is 0 Å². The maximum atomic E-state index is 12.0. The number of piperidine rings is 1. The zero-order valence-electron chi connectivity index (χ0n) is 15.4. The van der Waals surface area contributed by atoms with E-state index in [1.165, 1.54) is 11.1 Å². The van der Waals surface area contributed by atoms with Gasteiger partial charge in [0.1, 0.15) is 0 Å². The van der Waals surface area contributed by atoms with Crippen LogP contribution in [0.4, 0.5) is 0 Å². The zero-order chi connectivity index (χ0) is 18.2. The minimum atomic E-state index is -0.117. The molecule has 3 rings (SSSR count). The van der Waals surface area contributed by atoms with E-state index < -0.39 is 0 Å². The lowest BCUT2D eigenvalue weighted by Crippen LogP contribution is -2.46. The van der Waals surface area contributed by atoms with Crippen molar-refractivity contribution in [2.24, 2.45) is 5.92 Å². The number of carbonyl (C=O) groups is 1. The molecule has 1 aliphatic heterocycles. The summed E-state index contributed by atoms with van der Waals surface area (Å²) in [6.45, 7) is 0. The van der Waals surface area contributed by atoms with Crippen LogP contribution in [0, 0.1) is 5.92 Å². The van der Waals surface area contributed by atoms with Gasteiger partial charge in [-0.1, -0.05) is 60.7 Å². The minimum Gasteiger partial charge on any atom is -0.286 e. The van der Waals surface area contributed by atoms with E-state index >= 15 is 0 Å². The van der Waals surface area contributed by atoms with Gasteiger partial charge >= 0.3 is 0 Å². The number of hydroxylamine groups is 2. The van der Waals surface area contributed by atoms with Crippen molar-refractivity contribution in [1.82, 2.24) is 5.06 Å². The predicted octanol–water partition coefficient (Wildman–Crippen LogP) is 5.03. The minimum absolute atomic E-state index is 0.0317. The van der Waals surface area contributed by atoms with Crippen LogP contribution in [0.15, 0.2) is 60.7 Å². The molecule has 0 aliphatic carbocycles. The third kappa shape index (κ3) is 5.18. The van der Waals surface area contributed by atoms with Crippen LogP contribution in [0.5, 0.6) is 0 Å². The lowest BCUT2D eigenvalue weighted by atomic mass is 9.83. The molecule has 1 N–H and O–H groups in total. The molecule has 0 aromatic heterocycles. The molecule has 1 saturated heterocycles. The van der Waals surface area contributed by atoms with E-state index in [4.69, 9.17) is 0 Å². The molecule has 2 aromatic rings. The predicted molar refractivity (Wildman–Crippen MR) is 104 cm³/mol. The topological polar surface area (TPSA) is 40.5 Å². The summed E-state index contributed by atoms with van der Waals surface area (Å²) in [6.07, 6.45) is 7.47. The summed E-state index contributed by atoms with van der Waals surface area (Å²) in [5.74, 6) is 0.284. The van der Waals surface area contributed by atoms with Gasteiger partial charge in [0.25, 0.3) is 0 Å². The van der Waals surface area contributed by atoms with Crippen LogP contribution < -0.4 is 0 Å². The Kier molecular flexibility index (Phi) is 6.84. The largest absolute Gasteiger partial charge is 0.286 e. The molecule has 138 valence electrons. The fraction of sp³-hybridized carbons (Fsp3) is 0.435. The highest BCUT2D eigenvalue weighted by Gasteiger charge is 2.34. The van der Waals surface area contributed by atoms with E-state index in [1.54, 1.807) is 0 Å². The van der Waals surface area contributed by atoms with E-state index in [-0.39, 0.29) is 11.9 Å². The van der Waals surface area contributed by atoms with Crippen LogP contribution in [-0.2, 0) is 17.6 Å². The monoisotopic (exact) mass is 351 g/mol. The van der Waals surface area contributed by atoms with Gasteiger partial charge in [0.2, 0.25) is 5.91 Å². The summed E-state index contributed by atoms with van der Waals surface area (Å²) >= 11 is 0. The summed E-state index contributed by atoms with van der Waals surface area (Å²) in [6, 6.07) is 20.9. The summed E-state index contributed by atoms with van der Waals surface area (Å²) in [5.41, 5.74) is 2.68. The third-order valence-corrected chi connectivity index (χ3v) is 5.53. The Morgan fingerprint density at radius 2 is 1.38 bits per heavy atom. The average Bonchev–Trinajstić information content (AvgIpc) is 2.68. The molecule has 3 heteroatoms. The number of carbonyl (C=O) groups excluding carboxylic acids is 1. The fourth-order valence-electron chi connectivity index (χ4n) is 4.07. The van der Waals surface area contributed by atoms with Crippen LogP contribution in [0.25, 0.3) is 0 Å². The van der Waals surface area contributed by atoms with Crippen molar-refractivity contribution < 1.29 is 10.0 Å². The van der Waals surface area contributed by atoms with E-state index in [0.29, 0.717) is 12.3 Å². The summed E-state index contributed by atoms with van der Waals surface area (Å²) in [5, 5.41) is 11.3. The molecule has 1 aliphatic rings. The normalized spacial score (nSPS) is 20.3. The first kappa shape index (κ1) is 18.7. The number of benzene rings is 2. The second-order valence-electron chi connectivity index (χ2n) is 7.36. The number of amides is 1. The Balaban J connectivity index is 1.51. The fourth-order valence-corrected chi connectivity index (χ4v) is 4.07. The van der Waals surface area contributed by atoms with Crippen LogP contribution >= 0.6 is 0 Å². The molecule has 0 saturated carbocycles. The molecular weight excluding hydrogens is 322 g/mol. The highest BCUT2D eigenvalue weighted by atomic mass is 16.5. The van der Waals surface area contributed by atoms with E-state index in [9.17, 15) is 10.0 Å². The van der Waals surface area contributed by atoms with Crippen LogP contribution in [0.3, 0.4) is 0 Å². The first-order valence-corrected chi connectivity index (χ1v) is 9.83. The van der Waals surface area contributed by atoms with E-state index in [2.05, 4.69) is 48.5 Å². The Hall–Kier alpha value is -2.13. The molecule has 2 aromatic carbocycles. The molecule has 1 heterocycles. The number of aryl methyl sites for hydroxylation is 2. The van der Waals surface area contributed by atoms with Gasteiger partial charge in [-0.3, -0.25) is 10.0 Å². The van der Waals surface area contributed by atoms with Gasteiger partial charge in [0.15, 0.2) is 0 Å². The van der Waals surface area contributed by atoms with E-state index in [1.807, 2.05) is 12.1 Å². The maximum absolute atomic E-state index is 12.0. The van der Waals surface area contributed by atoms with Crippen LogP contribution in [0.2, 0.25) is 0 Å². The molecule has 2 unspecified atom stereocenters. The summed E-state index contributed by atoms with van der Waals surface area (Å²) < 4.78 is 0. The lowest BCUT2D eigenvalue weighted by molar-refractivity contribution is -0.190. The number of hydrogen-bond donors (Lipinski definition) is 1. The molecule has 1 amide bonds. The Morgan fingerprint density at radius 1 is 0.846 bits per heavy atom. The Labute approximate surface area is 156 Å². The van der Waals surface area contributed by atoms with Crippen LogP contribution in [-0.4, -0.2) is 22.2 Å². The molecule has 2 atom stereocenters. The molecule has 26 heavy (non-hydrogen) atoms. The SMILES string of the molecule is O=C1CCC(CCCc2ccccc2)C(CCCc2ccccc2)N1O. The van der Waals surface area contributed by atoms with Crippen molar-refractivity contribution in [1.29, 1.82) is 0 Å². The van der Waals surface area contributed by atoms with Gasteiger partial charge in [0, 0.05) is 6.42 Å².